The number of nitrogens with one attached hydrogen (secondary N) is 1. The molecule has 0 radical (unpaired) electrons. The van der Waals surface area contributed by atoms with Crippen LogP contribution in [-0.2, 0) is 24.4 Å². The quantitative estimate of drug-likeness (QED) is 0.383. The van der Waals surface area contributed by atoms with Crippen LogP contribution in [0.5, 0.6) is 5.75 Å². The van der Waals surface area contributed by atoms with Gasteiger partial charge in [0.25, 0.3) is 0 Å². The van der Waals surface area contributed by atoms with Gasteiger partial charge in [-0.2, -0.15) is 0 Å². The average Bonchev–Trinajstić information content (AvgIpc) is 3.14. The molecule has 0 aliphatic carbocycles. The van der Waals surface area contributed by atoms with Crippen LogP contribution < -0.4 is 10.1 Å². The molecule has 2 aromatic carbocycles. The first-order valence-electron chi connectivity index (χ1n) is 9.52. The maximum absolute atomic E-state index is 13.7. The maximum atomic E-state index is 13.7. The second kappa shape index (κ2) is 10.6. The Kier molecular flexibility index (Phi) is 7.62. The first-order valence-corrected chi connectivity index (χ1v) is 10.5. The van der Waals surface area contributed by atoms with E-state index in [9.17, 15) is 9.18 Å². The number of halogens is 1. The molecule has 156 valence electrons. The zero-order chi connectivity index (χ0) is 21.3. The minimum atomic E-state index is -0.475. The molecule has 0 saturated carbocycles. The van der Waals surface area contributed by atoms with Gasteiger partial charge in [-0.3, -0.25) is 9.36 Å². The van der Waals surface area contributed by atoms with Gasteiger partial charge < -0.3 is 10.1 Å². The van der Waals surface area contributed by atoms with E-state index in [2.05, 4.69) is 29.0 Å². The highest BCUT2D eigenvalue weighted by atomic mass is 32.2. The number of carbonyl (C=O) groups is 1. The zero-order valence-corrected chi connectivity index (χ0v) is 17.5. The molecule has 1 N–H and O–H groups in total. The second-order valence-corrected chi connectivity index (χ2v) is 7.34. The molecule has 0 aliphatic heterocycles. The normalized spacial score (nSPS) is 10.6. The summed E-state index contributed by atoms with van der Waals surface area (Å²) in [6.45, 7) is 6.60. The number of para-hydroxylation sites is 1. The van der Waals surface area contributed by atoms with Crippen LogP contribution in [0.3, 0.4) is 0 Å². The Labute approximate surface area is 179 Å². The Balaban J connectivity index is 1.61. The van der Waals surface area contributed by atoms with Crippen molar-refractivity contribution in [1.82, 2.24) is 14.8 Å². The summed E-state index contributed by atoms with van der Waals surface area (Å²) < 4.78 is 21.3. The van der Waals surface area contributed by atoms with Gasteiger partial charge in [0.05, 0.1) is 11.4 Å². The lowest BCUT2D eigenvalue weighted by molar-refractivity contribution is -0.113. The molecule has 3 aromatic rings. The number of amides is 1. The zero-order valence-electron chi connectivity index (χ0n) is 16.7. The van der Waals surface area contributed by atoms with Gasteiger partial charge >= 0.3 is 0 Å². The van der Waals surface area contributed by atoms with Crippen LogP contribution in [0.15, 0.2) is 66.3 Å². The summed E-state index contributed by atoms with van der Waals surface area (Å²) in [7, 11) is 0. The fourth-order valence-electron chi connectivity index (χ4n) is 2.69. The predicted octanol–water partition coefficient (Wildman–Crippen LogP) is 4.48. The van der Waals surface area contributed by atoms with Crippen LogP contribution in [-0.4, -0.2) is 26.4 Å². The van der Waals surface area contributed by atoms with Gasteiger partial charge in [0, 0.05) is 6.54 Å². The molecule has 30 heavy (non-hydrogen) atoms. The van der Waals surface area contributed by atoms with Gasteiger partial charge in [0.15, 0.2) is 11.0 Å². The van der Waals surface area contributed by atoms with Crippen molar-refractivity contribution in [2.75, 3.05) is 11.1 Å². The van der Waals surface area contributed by atoms with Crippen LogP contribution in [0.4, 0.5) is 10.1 Å². The molecule has 8 heteroatoms. The summed E-state index contributed by atoms with van der Waals surface area (Å²) in [5.41, 5.74) is 1.39. The van der Waals surface area contributed by atoms with Crippen molar-refractivity contribution in [1.29, 1.82) is 0 Å². The first kappa shape index (κ1) is 21.6. The Bertz CT molecular complexity index is 1000. The molecule has 0 unspecified atom stereocenters. The molecule has 0 spiro atoms. The molecule has 0 saturated heterocycles. The lowest BCUT2D eigenvalue weighted by Crippen LogP contribution is -2.15. The molecular formula is C22H23FN4O2S. The highest BCUT2D eigenvalue weighted by Crippen LogP contribution is 2.20. The minimum absolute atomic E-state index is 0.0724. The van der Waals surface area contributed by atoms with Crippen LogP contribution in [0.25, 0.3) is 0 Å². The Morgan fingerprint density at radius 1 is 1.23 bits per heavy atom. The van der Waals surface area contributed by atoms with E-state index in [1.54, 1.807) is 18.2 Å². The third-order valence-corrected chi connectivity index (χ3v) is 5.25. The van der Waals surface area contributed by atoms with Crippen molar-refractivity contribution in [3.8, 4) is 5.75 Å². The van der Waals surface area contributed by atoms with Gasteiger partial charge in [-0.05, 0) is 36.2 Å². The molecule has 3 rings (SSSR count). The number of aromatic nitrogens is 3. The molecule has 1 aromatic heterocycles. The van der Waals surface area contributed by atoms with Crippen molar-refractivity contribution in [2.45, 2.75) is 31.7 Å². The number of carbonyl (C=O) groups excluding carboxylic acids is 1. The molecule has 0 fully saturated rings. The van der Waals surface area contributed by atoms with E-state index in [0.29, 0.717) is 17.5 Å². The van der Waals surface area contributed by atoms with E-state index >= 15 is 0 Å². The number of anilines is 1. The number of thioether (sulfide) groups is 1. The fourth-order valence-corrected chi connectivity index (χ4v) is 3.46. The van der Waals surface area contributed by atoms with Crippen molar-refractivity contribution < 1.29 is 13.9 Å². The van der Waals surface area contributed by atoms with E-state index in [0.717, 1.165) is 12.2 Å². The van der Waals surface area contributed by atoms with Gasteiger partial charge in [0.2, 0.25) is 5.91 Å². The van der Waals surface area contributed by atoms with Crippen LogP contribution in [0, 0.1) is 5.82 Å². The summed E-state index contributed by atoms with van der Waals surface area (Å²) in [4.78, 5) is 12.2. The molecule has 1 amide bonds. The number of rotatable bonds is 10. The van der Waals surface area contributed by atoms with Crippen molar-refractivity contribution in [3.63, 3.8) is 0 Å². The highest BCUT2D eigenvalue weighted by molar-refractivity contribution is 7.99. The predicted molar refractivity (Wildman–Crippen MR) is 116 cm³/mol. The Hall–Kier alpha value is -3.13. The molecule has 0 atom stereocenters. The van der Waals surface area contributed by atoms with Crippen LogP contribution in [0.2, 0.25) is 0 Å². The molecule has 6 nitrogen and oxygen atoms in total. The fraction of sp³-hybridized carbons (Fsp3) is 0.227. The maximum Gasteiger partial charge on any atom is 0.234 e. The number of nitrogens with zero attached hydrogens (tertiary/aromatic N) is 3. The van der Waals surface area contributed by atoms with Gasteiger partial charge in [-0.15, -0.1) is 16.8 Å². The van der Waals surface area contributed by atoms with Crippen LogP contribution >= 0.6 is 11.8 Å². The number of hydrogen-bond acceptors (Lipinski definition) is 5. The SMILES string of the molecule is C=CCn1c(COc2ccc(CC)cc2)nnc1SCC(=O)Nc1ccccc1F. The third kappa shape index (κ3) is 5.70. The van der Waals surface area contributed by atoms with E-state index in [1.807, 2.05) is 28.8 Å². The van der Waals surface area contributed by atoms with Gasteiger partial charge in [0.1, 0.15) is 18.2 Å². The van der Waals surface area contributed by atoms with E-state index in [4.69, 9.17) is 4.74 Å². The number of hydrogen-bond donors (Lipinski definition) is 1. The van der Waals surface area contributed by atoms with E-state index in [1.165, 1.54) is 29.5 Å². The summed E-state index contributed by atoms with van der Waals surface area (Å²) in [6, 6.07) is 13.9. The average molecular weight is 427 g/mol. The second-order valence-electron chi connectivity index (χ2n) is 6.40. The molecular weight excluding hydrogens is 403 g/mol. The number of benzene rings is 2. The van der Waals surface area contributed by atoms with E-state index < -0.39 is 5.82 Å². The van der Waals surface area contributed by atoms with Crippen molar-refractivity contribution in [2.24, 2.45) is 0 Å². The molecule has 0 bridgehead atoms. The minimum Gasteiger partial charge on any atom is -0.486 e. The summed E-state index contributed by atoms with van der Waals surface area (Å²) in [6.07, 6.45) is 2.70. The number of aryl methyl sites for hydroxylation is 1. The smallest absolute Gasteiger partial charge is 0.234 e. The Morgan fingerprint density at radius 2 is 2.00 bits per heavy atom. The standard InChI is InChI=1S/C22H23FN4O2S/c1-3-13-27-20(14-29-17-11-9-16(4-2)10-12-17)25-26-22(27)30-15-21(28)24-19-8-6-5-7-18(19)23/h3,5-12H,1,4,13-15H2,2H3,(H,24,28). The largest absolute Gasteiger partial charge is 0.486 e. The molecule has 1 heterocycles. The van der Waals surface area contributed by atoms with Gasteiger partial charge in [-0.25, -0.2) is 4.39 Å². The van der Waals surface area contributed by atoms with Crippen molar-refractivity contribution in [3.05, 3.63) is 78.4 Å². The lowest BCUT2D eigenvalue weighted by Gasteiger charge is -2.10. The summed E-state index contributed by atoms with van der Waals surface area (Å²) in [5.74, 6) is 0.651. The lowest BCUT2D eigenvalue weighted by atomic mass is 10.2. The van der Waals surface area contributed by atoms with Gasteiger partial charge in [-0.1, -0.05) is 49.0 Å². The molecule has 0 aliphatic rings. The Morgan fingerprint density at radius 3 is 2.70 bits per heavy atom. The monoisotopic (exact) mass is 426 g/mol. The summed E-state index contributed by atoms with van der Waals surface area (Å²) >= 11 is 1.22. The highest BCUT2D eigenvalue weighted by Gasteiger charge is 2.15. The summed E-state index contributed by atoms with van der Waals surface area (Å²) in [5, 5.41) is 11.5. The van der Waals surface area contributed by atoms with Crippen LogP contribution in [0.1, 0.15) is 18.3 Å². The number of allylic oxidation sites excluding steroid dienone is 1. The topological polar surface area (TPSA) is 69.0 Å². The first-order chi connectivity index (χ1) is 14.6. The third-order valence-electron chi connectivity index (χ3n) is 4.28. The van der Waals surface area contributed by atoms with E-state index in [-0.39, 0.29) is 24.0 Å². The van der Waals surface area contributed by atoms with Crippen molar-refractivity contribution >= 4 is 23.4 Å². The number of ether oxygens (including phenoxy) is 1.